The summed E-state index contributed by atoms with van der Waals surface area (Å²) >= 11 is 0. The largest absolute Gasteiger partial charge is 0.469 e. The number of fused-ring (bicyclic) bond motifs is 1. The summed E-state index contributed by atoms with van der Waals surface area (Å²) in [7, 11) is 0. The zero-order chi connectivity index (χ0) is 33.2. The molecule has 0 aromatic heterocycles. The average Bonchev–Trinajstić information content (AvgIpc) is 3.52. The van der Waals surface area contributed by atoms with E-state index in [2.05, 4.69) is 5.32 Å². The minimum absolute atomic E-state index is 0.0855. The Hall–Kier alpha value is -4.28. The minimum Gasteiger partial charge on any atom is -0.469 e. The summed E-state index contributed by atoms with van der Waals surface area (Å²) < 4.78 is 17.3. The van der Waals surface area contributed by atoms with Gasteiger partial charge in [0.2, 0.25) is 18.6 Å². The van der Waals surface area contributed by atoms with E-state index in [-0.39, 0.29) is 30.6 Å². The smallest absolute Gasteiger partial charge is 0.327 e. The molecule has 0 aliphatic carbocycles. The molecule has 2 saturated heterocycles. The lowest BCUT2D eigenvalue weighted by molar-refractivity contribution is -0.191. The molecular weight excluding hydrogens is 588 g/mol. The summed E-state index contributed by atoms with van der Waals surface area (Å²) in [5.74, 6) is 1.45. The van der Waals surface area contributed by atoms with E-state index in [9.17, 15) is 19.2 Å². The highest BCUT2D eigenvalue weighted by atomic mass is 16.7. The van der Waals surface area contributed by atoms with Gasteiger partial charge in [0, 0.05) is 37.2 Å². The molecule has 11 nitrogen and oxygen atoms in total. The second-order valence-corrected chi connectivity index (χ2v) is 13.3. The Kier molecular flexibility index (Phi) is 9.51. The van der Waals surface area contributed by atoms with Crippen molar-refractivity contribution in [2.24, 2.45) is 10.8 Å². The number of hydrogen-bond donors (Lipinski definition) is 1. The maximum absolute atomic E-state index is 13.7. The third-order valence-corrected chi connectivity index (χ3v) is 9.35. The molecular formula is C35H46N4O7. The average molecular weight is 635 g/mol. The number of piperazine rings is 1. The zero-order valence-corrected chi connectivity index (χ0v) is 27.8. The lowest BCUT2D eigenvalue weighted by atomic mass is 9.72. The van der Waals surface area contributed by atoms with Gasteiger partial charge in [-0.1, -0.05) is 54.0 Å². The molecule has 46 heavy (non-hydrogen) atoms. The van der Waals surface area contributed by atoms with Crippen LogP contribution in [-0.2, 0) is 9.59 Å². The Balaban J connectivity index is 1.26. The summed E-state index contributed by atoms with van der Waals surface area (Å²) in [6.07, 6.45) is 1.71. The second kappa shape index (κ2) is 13.2. The fourth-order valence-electron chi connectivity index (χ4n) is 6.43. The van der Waals surface area contributed by atoms with Gasteiger partial charge in [0.1, 0.15) is 11.2 Å². The Bertz CT molecular complexity index is 1460. The molecule has 11 heteroatoms. The van der Waals surface area contributed by atoms with Crippen LogP contribution in [0.15, 0.2) is 42.5 Å². The molecule has 1 N–H and O–H groups in total. The summed E-state index contributed by atoms with van der Waals surface area (Å²) in [4.78, 5) is 57.8. The zero-order valence-electron chi connectivity index (χ0n) is 27.8. The van der Waals surface area contributed by atoms with E-state index in [0.29, 0.717) is 68.3 Å². The third kappa shape index (κ3) is 6.24. The van der Waals surface area contributed by atoms with Crippen LogP contribution in [0.4, 0.5) is 4.79 Å². The van der Waals surface area contributed by atoms with Crippen molar-refractivity contribution in [2.75, 3.05) is 33.0 Å². The number of benzene rings is 2. The number of imide groups is 1. The van der Waals surface area contributed by atoms with Gasteiger partial charge in [-0.15, -0.1) is 0 Å². The lowest BCUT2D eigenvalue weighted by Gasteiger charge is -2.53. The molecule has 3 aliphatic rings. The maximum Gasteiger partial charge on any atom is 0.327 e. The van der Waals surface area contributed by atoms with Gasteiger partial charge in [0.15, 0.2) is 17.7 Å². The molecule has 5 amide bonds. The third-order valence-electron chi connectivity index (χ3n) is 9.35. The van der Waals surface area contributed by atoms with Crippen LogP contribution >= 0.6 is 0 Å². The van der Waals surface area contributed by atoms with Gasteiger partial charge in [-0.05, 0) is 61.2 Å². The first-order valence-electron chi connectivity index (χ1n) is 16.3. The van der Waals surface area contributed by atoms with Crippen molar-refractivity contribution in [3.8, 4) is 17.2 Å². The number of urea groups is 1. The van der Waals surface area contributed by atoms with Crippen LogP contribution in [0.2, 0.25) is 0 Å². The predicted molar refractivity (Wildman–Crippen MR) is 171 cm³/mol. The van der Waals surface area contributed by atoms with Crippen LogP contribution in [0.3, 0.4) is 0 Å². The monoisotopic (exact) mass is 634 g/mol. The van der Waals surface area contributed by atoms with Crippen LogP contribution in [0.1, 0.15) is 89.2 Å². The molecule has 2 fully saturated rings. The molecule has 248 valence electrons. The maximum atomic E-state index is 13.7. The highest BCUT2D eigenvalue weighted by molar-refractivity contribution is 6.03. The number of hydrogen-bond acceptors (Lipinski definition) is 7. The van der Waals surface area contributed by atoms with Crippen LogP contribution < -0.4 is 19.5 Å². The number of nitrogens with zero attached hydrogens (tertiary/aromatic N) is 3. The van der Waals surface area contributed by atoms with E-state index in [1.807, 2.05) is 64.6 Å². The molecule has 3 aliphatic heterocycles. The predicted octanol–water partition coefficient (Wildman–Crippen LogP) is 5.35. The molecule has 3 heterocycles. The van der Waals surface area contributed by atoms with Crippen LogP contribution in [0.25, 0.3) is 0 Å². The van der Waals surface area contributed by atoms with Crippen molar-refractivity contribution in [1.29, 1.82) is 0 Å². The molecule has 5 rings (SSSR count). The Labute approximate surface area is 271 Å². The number of nitrogens with one attached hydrogen (secondary N) is 1. The van der Waals surface area contributed by atoms with Gasteiger partial charge < -0.3 is 29.3 Å². The highest BCUT2D eigenvalue weighted by Crippen LogP contribution is 2.46. The number of likely N-dealkylation sites (tertiary alicyclic amines) is 1. The Morgan fingerprint density at radius 2 is 1.57 bits per heavy atom. The SMILES string of the molecule is CCCC(NC(=O)N1C(=O)C(CC)(CC)[C@@H]1Oc1ccc(C(=O)N2CCN(C(=O)C(C)(C)C)CC2)cc1)c1ccc2c(c1)OCO2. The van der Waals surface area contributed by atoms with Crippen molar-refractivity contribution in [3.05, 3.63) is 53.6 Å². The lowest BCUT2D eigenvalue weighted by Crippen LogP contribution is -2.73. The normalized spacial score (nSPS) is 19.4. The van der Waals surface area contributed by atoms with Gasteiger partial charge in [0.25, 0.3) is 5.91 Å². The van der Waals surface area contributed by atoms with Gasteiger partial charge >= 0.3 is 6.03 Å². The number of amides is 5. The van der Waals surface area contributed by atoms with Crippen LogP contribution in [0.5, 0.6) is 17.2 Å². The molecule has 2 aromatic carbocycles. The van der Waals surface area contributed by atoms with Crippen molar-refractivity contribution in [3.63, 3.8) is 0 Å². The van der Waals surface area contributed by atoms with Gasteiger partial charge in [0.05, 0.1) is 6.04 Å². The number of carbonyl (C=O) groups is 4. The summed E-state index contributed by atoms with van der Waals surface area (Å²) in [6.45, 7) is 13.7. The number of rotatable bonds is 9. The van der Waals surface area contributed by atoms with Crippen molar-refractivity contribution < 1.29 is 33.4 Å². The first-order chi connectivity index (χ1) is 21.9. The summed E-state index contributed by atoms with van der Waals surface area (Å²) in [5, 5.41) is 3.05. The minimum atomic E-state index is -0.838. The van der Waals surface area contributed by atoms with E-state index in [1.54, 1.807) is 29.2 Å². The summed E-state index contributed by atoms with van der Waals surface area (Å²) in [5.41, 5.74) is 0.0748. The van der Waals surface area contributed by atoms with Gasteiger partial charge in [-0.2, -0.15) is 0 Å². The number of ether oxygens (including phenoxy) is 3. The molecule has 0 spiro atoms. The first-order valence-corrected chi connectivity index (χ1v) is 16.3. The van der Waals surface area contributed by atoms with E-state index < -0.39 is 23.1 Å². The molecule has 2 atom stereocenters. The Morgan fingerprint density at radius 1 is 0.935 bits per heavy atom. The molecule has 2 aromatic rings. The molecule has 0 bridgehead atoms. The van der Waals surface area contributed by atoms with Gasteiger partial charge in [-0.25, -0.2) is 9.69 Å². The van der Waals surface area contributed by atoms with E-state index >= 15 is 0 Å². The Morgan fingerprint density at radius 3 is 2.17 bits per heavy atom. The van der Waals surface area contributed by atoms with Crippen LogP contribution in [-0.4, -0.2) is 77.7 Å². The fraction of sp³-hybridized carbons (Fsp3) is 0.543. The number of β-lactam (4-membered cyclic amide) rings is 1. The van der Waals surface area contributed by atoms with Gasteiger partial charge in [-0.3, -0.25) is 14.4 Å². The molecule has 0 saturated carbocycles. The first kappa shape index (κ1) is 33.1. The standard InChI is InChI=1S/C35H46N4O7/c1-7-10-26(24-13-16-27-28(21-24)45-22-44-27)36-33(43)39-31(42)35(8-2,9-3)32(39)46-25-14-11-23(12-15-25)29(40)37-17-19-38(20-18-37)30(41)34(4,5)6/h11-16,21,26,32H,7-10,17-20,22H2,1-6H3,(H,36,43)/t26?,32-/m0/s1. The van der Waals surface area contributed by atoms with Crippen molar-refractivity contribution in [1.82, 2.24) is 20.0 Å². The number of carbonyl (C=O) groups excluding carboxylic acids is 4. The quantitative estimate of drug-likeness (QED) is 0.370. The van der Waals surface area contributed by atoms with E-state index in [0.717, 1.165) is 12.0 Å². The highest BCUT2D eigenvalue weighted by Gasteiger charge is 2.63. The topological polar surface area (TPSA) is 118 Å². The second-order valence-electron chi connectivity index (χ2n) is 13.3. The molecule has 1 unspecified atom stereocenters. The fourth-order valence-corrected chi connectivity index (χ4v) is 6.43. The van der Waals surface area contributed by atoms with E-state index in [1.165, 1.54) is 4.90 Å². The van der Waals surface area contributed by atoms with E-state index in [4.69, 9.17) is 14.2 Å². The van der Waals surface area contributed by atoms with Crippen LogP contribution in [0, 0.1) is 10.8 Å². The van der Waals surface area contributed by atoms with Crippen molar-refractivity contribution >= 4 is 23.8 Å². The van der Waals surface area contributed by atoms with Crippen molar-refractivity contribution in [2.45, 2.75) is 79.5 Å². The molecule has 0 radical (unpaired) electrons. The summed E-state index contributed by atoms with van der Waals surface area (Å²) in [6, 6.07) is 11.5.